The minimum Gasteiger partial charge on any atom is -0.309 e. The van der Waals surface area contributed by atoms with E-state index in [0.29, 0.717) is 0 Å². The topological polar surface area (TPSA) is 3.24 Å². The maximum atomic E-state index is 2.45. The smallest absolute Gasteiger partial charge is 0.0640 e. The van der Waals surface area contributed by atoms with Crippen molar-refractivity contribution in [1.82, 2.24) is 0 Å². The SMILES string of the molecule is c1ccc(-c2ccc3ccccc3c2-c2cccc(N(c3ccc(-c4cccc5ccccc45)cc3)c3cccc4c3sc3ccccc34)c2)cc1. The van der Waals surface area contributed by atoms with Crippen LogP contribution in [0, 0.1) is 0 Å². The zero-order valence-corrected chi connectivity index (χ0v) is 29.2. The molecule has 0 saturated carbocycles. The summed E-state index contributed by atoms with van der Waals surface area (Å²) >= 11 is 1.87. The second-order valence-corrected chi connectivity index (χ2v) is 14.3. The molecule has 1 aromatic heterocycles. The van der Waals surface area contributed by atoms with E-state index in [1.807, 2.05) is 11.3 Å². The van der Waals surface area contributed by atoms with Crippen molar-refractivity contribution in [3.05, 3.63) is 200 Å². The van der Waals surface area contributed by atoms with Gasteiger partial charge in [0, 0.05) is 26.8 Å². The number of anilines is 3. The molecule has 0 saturated heterocycles. The highest BCUT2D eigenvalue weighted by atomic mass is 32.1. The minimum absolute atomic E-state index is 1.12. The minimum atomic E-state index is 1.12. The lowest BCUT2D eigenvalue weighted by atomic mass is 9.89. The second-order valence-electron chi connectivity index (χ2n) is 13.3. The van der Waals surface area contributed by atoms with Crippen LogP contribution in [0.25, 0.3) is 75.1 Å². The van der Waals surface area contributed by atoms with Crippen molar-refractivity contribution in [2.24, 2.45) is 0 Å². The summed E-state index contributed by atoms with van der Waals surface area (Å²) in [6.07, 6.45) is 0. The Hall–Kier alpha value is -6.48. The van der Waals surface area contributed by atoms with Gasteiger partial charge in [-0.2, -0.15) is 0 Å². The van der Waals surface area contributed by atoms with Gasteiger partial charge in [-0.25, -0.2) is 0 Å². The fraction of sp³-hybridized carbons (Fsp3) is 0. The molecule has 0 amide bonds. The van der Waals surface area contributed by atoms with Crippen LogP contribution in [0.3, 0.4) is 0 Å². The van der Waals surface area contributed by atoms with Crippen LogP contribution in [0.2, 0.25) is 0 Å². The quantitative estimate of drug-likeness (QED) is 0.169. The van der Waals surface area contributed by atoms with Crippen molar-refractivity contribution < 1.29 is 0 Å². The van der Waals surface area contributed by atoms with Crippen LogP contribution in [0.5, 0.6) is 0 Å². The molecule has 0 spiro atoms. The summed E-state index contributed by atoms with van der Waals surface area (Å²) in [6.45, 7) is 0. The van der Waals surface area contributed by atoms with Crippen molar-refractivity contribution >= 4 is 70.1 Å². The third-order valence-corrected chi connectivity index (χ3v) is 11.5. The number of nitrogens with zero attached hydrogens (tertiary/aromatic N) is 1. The standard InChI is InChI=1S/C50H33NS/c1-2-13-35(14-3-1)44-32-29-36-16-5-7-21-43(36)49(44)38-18-10-19-40(33-38)51(47-25-12-24-46-45-22-8-9-26-48(45)52-50(46)47)39-30-27-37(28-31-39)42-23-11-17-34-15-4-6-20-41(34)42/h1-33H. The van der Waals surface area contributed by atoms with Gasteiger partial charge in [-0.1, -0.05) is 164 Å². The molecular formula is C50H33NS. The fourth-order valence-electron chi connectivity index (χ4n) is 7.84. The Morgan fingerprint density at radius 2 is 0.962 bits per heavy atom. The Bertz CT molecular complexity index is 2900. The van der Waals surface area contributed by atoms with Crippen LogP contribution in [0.1, 0.15) is 0 Å². The van der Waals surface area contributed by atoms with E-state index in [2.05, 4.69) is 205 Å². The van der Waals surface area contributed by atoms with E-state index in [1.54, 1.807) is 0 Å². The predicted octanol–water partition coefficient (Wildman–Crippen LogP) is 14.8. The van der Waals surface area contributed by atoms with Crippen molar-refractivity contribution in [1.29, 1.82) is 0 Å². The first-order chi connectivity index (χ1) is 25.8. The molecule has 0 fully saturated rings. The average Bonchev–Trinajstić information content (AvgIpc) is 3.61. The highest BCUT2D eigenvalue weighted by Gasteiger charge is 2.20. The molecule has 10 aromatic rings. The van der Waals surface area contributed by atoms with E-state index in [4.69, 9.17) is 0 Å². The van der Waals surface area contributed by atoms with Gasteiger partial charge in [0.2, 0.25) is 0 Å². The zero-order valence-electron chi connectivity index (χ0n) is 28.4. The van der Waals surface area contributed by atoms with Crippen molar-refractivity contribution in [2.75, 3.05) is 4.90 Å². The summed E-state index contributed by atoms with van der Waals surface area (Å²) in [6, 6.07) is 72.9. The summed E-state index contributed by atoms with van der Waals surface area (Å²) in [5.74, 6) is 0. The van der Waals surface area contributed by atoms with E-state index in [9.17, 15) is 0 Å². The normalized spacial score (nSPS) is 11.5. The summed E-state index contributed by atoms with van der Waals surface area (Å²) in [5.41, 5.74) is 10.7. The maximum Gasteiger partial charge on any atom is 0.0640 e. The zero-order chi connectivity index (χ0) is 34.4. The summed E-state index contributed by atoms with van der Waals surface area (Å²) in [7, 11) is 0. The first-order valence-electron chi connectivity index (χ1n) is 17.8. The number of benzene rings is 9. The summed E-state index contributed by atoms with van der Waals surface area (Å²) < 4.78 is 2.58. The van der Waals surface area contributed by atoms with Crippen LogP contribution >= 0.6 is 11.3 Å². The molecule has 52 heavy (non-hydrogen) atoms. The van der Waals surface area contributed by atoms with Gasteiger partial charge in [-0.05, 0) is 91.3 Å². The molecule has 0 aliphatic heterocycles. The van der Waals surface area contributed by atoms with Crippen LogP contribution in [0.15, 0.2) is 200 Å². The molecule has 10 rings (SSSR count). The van der Waals surface area contributed by atoms with Gasteiger partial charge in [0.05, 0.1) is 10.4 Å². The molecular weight excluding hydrogens is 647 g/mol. The molecule has 0 aliphatic rings. The van der Waals surface area contributed by atoms with Crippen LogP contribution in [-0.2, 0) is 0 Å². The Morgan fingerprint density at radius 3 is 1.81 bits per heavy atom. The van der Waals surface area contributed by atoms with Gasteiger partial charge in [-0.15, -0.1) is 11.3 Å². The Morgan fingerprint density at radius 1 is 0.346 bits per heavy atom. The molecule has 244 valence electrons. The molecule has 1 heterocycles. The molecule has 0 atom stereocenters. The molecule has 0 radical (unpaired) electrons. The average molecular weight is 680 g/mol. The lowest BCUT2D eigenvalue weighted by Crippen LogP contribution is -2.10. The lowest BCUT2D eigenvalue weighted by Gasteiger charge is -2.27. The maximum absolute atomic E-state index is 2.45. The predicted molar refractivity (Wildman–Crippen MR) is 225 cm³/mol. The number of hydrogen-bond acceptors (Lipinski definition) is 2. The highest BCUT2D eigenvalue weighted by Crippen LogP contribution is 2.47. The fourth-order valence-corrected chi connectivity index (χ4v) is 9.05. The molecule has 2 heteroatoms. The molecule has 0 aliphatic carbocycles. The van der Waals surface area contributed by atoms with E-state index in [-0.39, 0.29) is 0 Å². The van der Waals surface area contributed by atoms with Crippen molar-refractivity contribution in [2.45, 2.75) is 0 Å². The lowest BCUT2D eigenvalue weighted by molar-refractivity contribution is 1.30. The summed E-state index contributed by atoms with van der Waals surface area (Å²) in [4.78, 5) is 2.45. The van der Waals surface area contributed by atoms with Gasteiger partial charge in [0.25, 0.3) is 0 Å². The largest absolute Gasteiger partial charge is 0.309 e. The summed E-state index contributed by atoms with van der Waals surface area (Å²) in [5, 5.41) is 7.58. The van der Waals surface area contributed by atoms with E-state index in [1.165, 1.54) is 80.8 Å². The third kappa shape index (κ3) is 5.16. The van der Waals surface area contributed by atoms with E-state index in [0.717, 1.165) is 11.4 Å². The van der Waals surface area contributed by atoms with Gasteiger partial charge < -0.3 is 4.90 Å². The first kappa shape index (κ1) is 30.4. The van der Waals surface area contributed by atoms with Crippen LogP contribution < -0.4 is 4.90 Å². The molecule has 1 nitrogen and oxygen atoms in total. The second kappa shape index (κ2) is 12.7. The Kier molecular flexibility index (Phi) is 7.41. The van der Waals surface area contributed by atoms with Gasteiger partial charge in [-0.3, -0.25) is 0 Å². The monoisotopic (exact) mass is 679 g/mol. The number of fused-ring (bicyclic) bond motifs is 5. The molecule has 0 unspecified atom stereocenters. The van der Waals surface area contributed by atoms with Gasteiger partial charge in [0.1, 0.15) is 0 Å². The Balaban J connectivity index is 1.19. The number of thiophene rings is 1. The number of hydrogen-bond donors (Lipinski definition) is 0. The van der Waals surface area contributed by atoms with E-state index >= 15 is 0 Å². The van der Waals surface area contributed by atoms with E-state index < -0.39 is 0 Å². The molecule has 0 N–H and O–H groups in total. The van der Waals surface area contributed by atoms with Crippen LogP contribution in [-0.4, -0.2) is 0 Å². The molecule has 9 aromatic carbocycles. The van der Waals surface area contributed by atoms with Gasteiger partial charge in [0.15, 0.2) is 0 Å². The third-order valence-electron chi connectivity index (χ3n) is 10.3. The van der Waals surface area contributed by atoms with Crippen LogP contribution in [0.4, 0.5) is 17.1 Å². The molecule has 0 bridgehead atoms. The first-order valence-corrected chi connectivity index (χ1v) is 18.6. The number of rotatable bonds is 6. The van der Waals surface area contributed by atoms with Gasteiger partial charge >= 0.3 is 0 Å². The highest BCUT2D eigenvalue weighted by molar-refractivity contribution is 7.26. The Labute approximate surface area is 307 Å². The van der Waals surface area contributed by atoms with Crippen molar-refractivity contribution in [3.8, 4) is 33.4 Å². The van der Waals surface area contributed by atoms with Crippen molar-refractivity contribution in [3.63, 3.8) is 0 Å².